The SMILES string of the molecule is Clc1nc(NCc2cc(Br)cs2)c2cn[nH]c2n1. The molecule has 0 aliphatic rings. The molecule has 0 aliphatic heterocycles. The van der Waals surface area contributed by atoms with Crippen molar-refractivity contribution in [1.82, 2.24) is 20.2 Å². The summed E-state index contributed by atoms with van der Waals surface area (Å²) < 4.78 is 1.08. The highest BCUT2D eigenvalue weighted by Crippen LogP contribution is 2.23. The fourth-order valence-corrected chi connectivity index (χ4v) is 3.12. The summed E-state index contributed by atoms with van der Waals surface area (Å²) in [7, 11) is 0. The van der Waals surface area contributed by atoms with Gasteiger partial charge >= 0.3 is 0 Å². The van der Waals surface area contributed by atoms with Gasteiger partial charge in [-0.25, -0.2) is 0 Å². The van der Waals surface area contributed by atoms with Gasteiger partial charge in [0.05, 0.1) is 18.1 Å². The largest absolute Gasteiger partial charge is 0.364 e. The Balaban J connectivity index is 1.87. The van der Waals surface area contributed by atoms with Crippen molar-refractivity contribution >= 4 is 55.7 Å². The van der Waals surface area contributed by atoms with Gasteiger partial charge in [0.1, 0.15) is 5.82 Å². The monoisotopic (exact) mass is 343 g/mol. The Bertz CT molecular complexity index is 694. The lowest BCUT2D eigenvalue weighted by Gasteiger charge is -2.04. The second-order valence-electron chi connectivity index (χ2n) is 3.56. The zero-order chi connectivity index (χ0) is 12.5. The highest BCUT2D eigenvalue weighted by molar-refractivity contribution is 9.10. The van der Waals surface area contributed by atoms with Crippen LogP contribution in [0.2, 0.25) is 5.28 Å². The standard InChI is InChI=1S/C10H7BrClN5S/c11-5-1-6(18-4-5)2-13-8-7-3-14-17-9(7)16-10(12)15-8/h1,3-4H,2H2,(H2,13,14,15,16,17). The van der Waals surface area contributed by atoms with Crippen LogP contribution in [0.25, 0.3) is 11.0 Å². The van der Waals surface area contributed by atoms with E-state index < -0.39 is 0 Å². The molecule has 5 nitrogen and oxygen atoms in total. The first-order chi connectivity index (χ1) is 8.72. The van der Waals surface area contributed by atoms with E-state index in [4.69, 9.17) is 11.6 Å². The minimum absolute atomic E-state index is 0.196. The van der Waals surface area contributed by atoms with Crippen molar-refractivity contribution in [3.63, 3.8) is 0 Å². The molecule has 0 aromatic carbocycles. The summed E-state index contributed by atoms with van der Waals surface area (Å²) in [5, 5.41) is 13.0. The molecule has 0 radical (unpaired) electrons. The van der Waals surface area contributed by atoms with E-state index in [1.807, 2.05) is 5.38 Å². The Kier molecular flexibility index (Phi) is 3.19. The molecule has 3 rings (SSSR count). The van der Waals surface area contributed by atoms with Crippen LogP contribution in [0, 0.1) is 0 Å². The summed E-state index contributed by atoms with van der Waals surface area (Å²) in [5.41, 5.74) is 0.630. The van der Waals surface area contributed by atoms with Gasteiger partial charge in [0, 0.05) is 14.7 Å². The molecule has 92 valence electrons. The number of nitrogens with zero attached hydrogens (tertiary/aromatic N) is 3. The van der Waals surface area contributed by atoms with E-state index in [9.17, 15) is 0 Å². The number of nitrogens with one attached hydrogen (secondary N) is 2. The zero-order valence-electron chi connectivity index (χ0n) is 8.94. The molecule has 18 heavy (non-hydrogen) atoms. The van der Waals surface area contributed by atoms with Crippen LogP contribution in [0.1, 0.15) is 4.88 Å². The topological polar surface area (TPSA) is 66.5 Å². The maximum Gasteiger partial charge on any atom is 0.226 e. The number of hydrogen-bond acceptors (Lipinski definition) is 5. The Morgan fingerprint density at radius 2 is 2.33 bits per heavy atom. The lowest BCUT2D eigenvalue weighted by atomic mass is 10.4. The minimum Gasteiger partial charge on any atom is -0.364 e. The number of aromatic amines is 1. The van der Waals surface area contributed by atoms with Crippen molar-refractivity contribution in [2.24, 2.45) is 0 Å². The quantitative estimate of drug-likeness (QED) is 0.714. The van der Waals surface area contributed by atoms with Gasteiger partial charge in [-0.15, -0.1) is 11.3 Å². The third-order valence-electron chi connectivity index (χ3n) is 2.33. The predicted molar refractivity (Wildman–Crippen MR) is 76.0 cm³/mol. The highest BCUT2D eigenvalue weighted by atomic mass is 79.9. The third kappa shape index (κ3) is 2.33. The number of H-pyrrole nitrogens is 1. The molecule has 3 heterocycles. The molecule has 0 fully saturated rings. The molecule has 0 atom stereocenters. The Hall–Kier alpha value is -1.18. The van der Waals surface area contributed by atoms with Crippen LogP contribution in [0.3, 0.4) is 0 Å². The van der Waals surface area contributed by atoms with Gasteiger partial charge in [-0.2, -0.15) is 15.1 Å². The number of thiophene rings is 1. The van der Waals surface area contributed by atoms with Crippen molar-refractivity contribution in [2.45, 2.75) is 6.54 Å². The lowest BCUT2D eigenvalue weighted by molar-refractivity contribution is 1.08. The van der Waals surface area contributed by atoms with Gasteiger partial charge in [0.25, 0.3) is 0 Å². The van der Waals surface area contributed by atoms with E-state index in [2.05, 4.69) is 47.5 Å². The molecule has 2 N–H and O–H groups in total. The summed E-state index contributed by atoms with van der Waals surface area (Å²) >= 11 is 10.9. The molecule has 0 saturated carbocycles. The number of anilines is 1. The minimum atomic E-state index is 0.196. The summed E-state index contributed by atoms with van der Waals surface area (Å²) in [6, 6.07) is 2.06. The van der Waals surface area contributed by atoms with E-state index in [0.717, 1.165) is 9.86 Å². The maximum atomic E-state index is 5.85. The van der Waals surface area contributed by atoms with Gasteiger partial charge in [0.15, 0.2) is 5.65 Å². The van der Waals surface area contributed by atoms with E-state index in [1.54, 1.807) is 17.5 Å². The summed E-state index contributed by atoms with van der Waals surface area (Å²) in [5.74, 6) is 0.684. The molecular weight excluding hydrogens is 338 g/mol. The van der Waals surface area contributed by atoms with Crippen LogP contribution in [-0.4, -0.2) is 20.2 Å². The number of rotatable bonds is 3. The first kappa shape index (κ1) is 11.9. The van der Waals surface area contributed by atoms with Gasteiger partial charge < -0.3 is 5.32 Å². The average Bonchev–Trinajstić information content (AvgIpc) is 2.94. The van der Waals surface area contributed by atoms with Crippen LogP contribution in [0.4, 0.5) is 5.82 Å². The molecule has 0 bridgehead atoms. The summed E-state index contributed by atoms with van der Waals surface area (Å²) in [4.78, 5) is 9.42. The van der Waals surface area contributed by atoms with Crippen LogP contribution in [-0.2, 0) is 6.54 Å². The van der Waals surface area contributed by atoms with Crippen molar-refractivity contribution in [1.29, 1.82) is 0 Å². The fraction of sp³-hybridized carbons (Fsp3) is 0.100. The van der Waals surface area contributed by atoms with Crippen molar-refractivity contribution < 1.29 is 0 Å². The number of hydrogen-bond donors (Lipinski definition) is 2. The molecule has 0 unspecified atom stereocenters. The molecule has 8 heteroatoms. The molecule has 0 amide bonds. The Labute approximate surface area is 120 Å². The fourth-order valence-electron chi connectivity index (χ4n) is 1.56. The summed E-state index contributed by atoms with van der Waals surface area (Å²) in [6.07, 6.45) is 1.68. The van der Waals surface area contributed by atoms with Crippen LogP contribution < -0.4 is 5.32 Å². The second-order valence-corrected chi connectivity index (χ2v) is 5.81. The number of halogens is 2. The van der Waals surface area contributed by atoms with Crippen molar-refractivity contribution in [3.05, 3.63) is 32.3 Å². The van der Waals surface area contributed by atoms with E-state index in [0.29, 0.717) is 18.0 Å². The average molecular weight is 345 g/mol. The first-order valence-corrected chi connectivity index (χ1v) is 7.11. The van der Waals surface area contributed by atoms with Crippen LogP contribution in [0.5, 0.6) is 0 Å². The van der Waals surface area contributed by atoms with Gasteiger partial charge in [-0.1, -0.05) is 0 Å². The van der Waals surface area contributed by atoms with Crippen LogP contribution >= 0.6 is 38.9 Å². The van der Waals surface area contributed by atoms with Gasteiger partial charge in [-0.05, 0) is 33.6 Å². The number of aromatic nitrogens is 4. The molecule has 3 aromatic heterocycles. The van der Waals surface area contributed by atoms with Crippen LogP contribution in [0.15, 0.2) is 22.1 Å². The number of fused-ring (bicyclic) bond motifs is 1. The Morgan fingerprint density at radius 3 is 3.11 bits per heavy atom. The Morgan fingerprint density at radius 1 is 1.44 bits per heavy atom. The van der Waals surface area contributed by atoms with Crippen molar-refractivity contribution in [3.8, 4) is 0 Å². The molecule has 3 aromatic rings. The summed E-state index contributed by atoms with van der Waals surface area (Å²) in [6.45, 7) is 0.684. The van der Waals surface area contributed by atoms with E-state index in [1.165, 1.54) is 4.88 Å². The van der Waals surface area contributed by atoms with E-state index in [-0.39, 0.29) is 5.28 Å². The smallest absolute Gasteiger partial charge is 0.226 e. The molecule has 0 saturated heterocycles. The van der Waals surface area contributed by atoms with E-state index >= 15 is 0 Å². The first-order valence-electron chi connectivity index (χ1n) is 5.06. The third-order valence-corrected chi connectivity index (χ3v) is 4.20. The van der Waals surface area contributed by atoms with Gasteiger partial charge in [0.2, 0.25) is 5.28 Å². The zero-order valence-corrected chi connectivity index (χ0v) is 12.1. The molecule has 0 aliphatic carbocycles. The van der Waals surface area contributed by atoms with Gasteiger partial charge in [-0.3, -0.25) is 5.10 Å². The highest BCUT2D eigenvalue weighted by Gasteiger charge is 2.08. The lowest BCUT2D eigenvalue weighted by Crippen LogP contribution is -2.01. The van der Waals surface area contributed by atoms with Crippen molar-refractivity contribution in [2.75, 3.05) is 5.32 Å². The normalized spacial score (nSPS) is 11.0. The predicted octanol–water partition coefficient (Wildman–Crippen LogP) is 3.44. The molecule has 0 spiro atoms. The molecular formula is C10H7BrClN5S. The second kappa shape index (κ2) is 4.83. The maximum absolute atomic E-state index is 5.85.